The molecule has 0 spiro atoms. The molecule has 26 heavy (non-hydrogen) atoms. The van der Waals surface area contributed by atoms with Crippen LogP contribution < -0.4 is 4.74 Å². The largest absolute Gasteiger partial charge is 0.496 e. The molecule has 0 saturated carbocycles. The zero-order valence-electron chi connectivity index (χ0n) is 16.5. The number of methoxy groups -OCH3 is 1. The zero-order valence-corrected chi connectivity index (χ0v) is 16.5. The molecule has 1 fully saturated rings. The number of rotatable bonds is 4. The van der Waals surface area contributed by atoms with Crippen LogP contribution in [0.2, 0.25) is 0 Å². The summed E-state index contributed by atoms with van der Waals surface area (Å²) in [5.41, 5.74) is 3.25. The number of benzene rings is 1. The van der Waals surface area contributed by atoms with Gasteiger partial charge >= 0.3 is 5.97 Å². The van der Waals surface area contributed by atoms with E-state index in [9.17, 15) is 4.79 Å². The van der Waals surface area contributed by atoms with Crippen LogP contribution in [0.3, 0.4) is 0 Å². The molecule has 1 aliphatic heterocycles. The van der Waals surface area contributed by atoms with Gasteiger partial charge in [0.15, 0.2) is 0 Å². The van der Waals surface area contributed by atoms with Gasteiger partial charge in [0.1, 0.15) is 11.5 Å². The molecule has 2 atom stereocenters. The number of allylic oxidation sites excluding steroid dienone is 2. The van der Waals surface area contributed by atoms with Crippen molar-refractivity contribution in [3.8, 4) is 5.75 Å². The predicted molar refractivity (Wildman–Crippen MR) is 103 cm³/mol. The summed E-state index contributed by atoms with van der Waals surface area (Å²) in [7, 11) is 3.87. The van der Waals surface area contributed by atoms with Crippen molar-refractivity contribution in [2.75, 3.05) is 20.7 Å². The fourth-order valence-corrected chi connectivity index (χ4v) is 4.30. The van der Waals surface area contributed by atoms with Crippen molar-refractivity contribution >= 4 is 5.97 Å². The Balaban J connectivity index is 1.92. The molecular formula is C22H29NO3. The highest BCUT2D eigenvalue weighted by atomic mass is 16.5. The normalized spacial score (nSPS) is 26.3. The summed E-state index contributed by atoms with van der Waals surface area (Å²) in [4.78, 5) is 14.5. The number of likely N-dealkylation sites (N-methyl/N-ethyl adjacent to an activating group) is 1. The third-order valence-electron chi connectivity index (χ3n) is 6.06. The quantitative estimate of drug-likeness (QED) is 0.601. The minimum Gasteiger partial charge on any atom is -0.496 e. The van der Waals surface area contributed by atoms with Crippen LogP contribution in [0, 0.1) is 6.92 Å². The number of hydrogen-bond acceptors (Lipinski definition) is 4. The zero-order chi connectivity index (χ0) is 18.9. The molecule has 1 heterocycles. The van der Waals surface area contributed by atoms with Gasteiger partial charge in [-0.2, -0.15) is 0 Å². The number of hydrogen-bond donors (Lipinski definition) is 0. The molecule has 3 rings (SSSR count). The van der Waals surface area contributed by atoms with Crippen LogP contribution in [-0.2, 0) is 14.9 Å². The third-order valence-corrected chi connectivity index (χ3v) is 6.06. The lowest BCUT2D eigenvalue weighted by Crippen LogP contribution is -2.42. The molecule has 1 saturated heterocycles. The highest BCUT2D eigenvalue weighted by Gasteiger charge is 2.48. The van der Waals surface area contributed by atoms with Gasteiger partial charge in [-0.25, -0.2) is 4.79 Å². The summed E-state index contributed by atoms with van der Waals surface area (Å²) in [6, 6.07) is 6.79. The van der Waals surface area contributed by atoms with Crippen LogP contribution in [-0.4, -0.2) is 37.6 Å². The molecule has 4 heteroatoms. The molecule has 0 aromatic heterocycles. The van der Waals surface area contributed by atoms with Gasteiger partial charge in [-0.1, -0.05) is 18.2 Å². The average Bonchev–Trinajstić information content (AvgIpc) is 2.98. The van der Waals surface area contributed by atoms with E-state index in [4.69, 9.17) is 9.47 Å². The first kappa shape index (κ1) is 18.7. The number of nitrogens with zero attached hydrogens (tertiary/aromatic N) is 1. The predicted octanol–water partition coefficient (Wildman–Crippen LogP) is 4.13. The van der Waals surface area contributed by atoms with Crippen molar-refractivity contribution in [2.45, 2.75) is 51.5 Å². The van der Waals surface area contributed by atoms with Crippen LogP contribution in [0.1, 0.15) is 44.2 Å². The summed E-state index contributed by atoms with van der Waals surface area (Å²) in [6.45, 7) is 6.78. The Morgan fingerprint density at radius 2 is 2.12 bits per heavy atom. The van der Waals surface area contributed by atoms with E-state index in [1.165, 1.54) is 5.56 Å². The highest BCUT2D eigenvalue weighted by molar-refractivity contribution is 5.88. The summed E-state index contributed by atoms with van der Waals surface area (Å²) in [6.07, 6.45) is 6.85. The maximum absolute atomic E-state index is 12.1. The fourth-order valence-electron chi connectivity index (χ4n) is 4.30. The van der Waals surface area contributed by atoms with Gasteiger partial charge < -0.3 is 9.47 Å². The summed E-state index contributed by atoms with van der Waals surface area (Å²) in [5.74, 6) is 1.49. The fraction of sp³-hybridized carbons (Fsp3) is 0.500. The van der Waals surface area contributed by atoms with Gasteiger partial charge in [0.05, 0.1) is 7.11 Å². The number of ether oxygens (including phenoxy) is 2. The second-order valence-corrected chi connectivity index (χ2v) is 7.51. The van der Waals surface area contributed by atoms with Crippen LogP contribution in [0.5, 0.6) is 5.75 Å². The highest BCUT2D eigenvalue weighted by Crippen LogP contribution is 2.48. The van der Waals surface area contributed by atoms with Crippen molar-refractivity contribution in [2.24, 2.45) is 0 Å². The van der Waals surface area contributed by atoms with Gasteiger partial charge in [0, 0.05) is 23.5 Å². The minimum absolute atomic E-state index is 0.0807. The third kappa shape index (κ3) is 3.18. The second kappa shape index (κ2) is 7.28. The summed E-state index contributed by atoms with van der Waals surface area (Å²) < 4.78 is 11.1. The Kier molecular flexibility index (Phi) is 5.24. The number of carbonyl (C=O) groups excluding carboxylic acids is 1. The molecular weight excluding hydrogens is 326 g/mol. The molecule has 140 valence electrons. The van der Waals surface area contributed by atoms with Gasteiger partial charge in [-0.3, -0.25) is 4.90 Å². The maximum atomic E-state index is 12.1. The smallest absolute Gasteiger partial charge is 0.338 e. The van der Waals surface area contributed by atoms with E-state index in [0.29, 0.717) is 5.57 Å². The number of fused-ring (bicyclic) bond motifs is 1. The van der Waals surface area contributed by atoms with Gasteiger partial charge in [-0.15, -0.1) is 0 Å². The van der Waals surface area contributed by atoms with Crippen LogP contribution in [0.15, 0.2) is 41.7 Å². The molecule has 1 aromatic carbocycles. The van der Waals surface area contributed by atoms with Crippen LogP contribution in [0.25, 0.3) is 0 Å². The Bertz CT molecular complexity index is 765. The molecule has 1 aromatic rings. The monoisotopic (exact) mass is 355 g/mol. The Morgan fingerprint density at radius 1 is 1.35 bits per heavy atom. The SMILES string of the molecule is C/C=C(\C)C(=O)OC1=CC2N(C)CCC2(c2ccc(OC)c(C)c2)CC1. The molecule has 0 N–H and O–H groups in total. The first-order valence-corrected chi connectivity index (χ1v) is 9.32. The number of aryl methyl sites for hydroxylation is 1. The lowest BCUT2D eigenvalue weighted by Gasteiger charge is -2.40. The molecule has 0 bridgehead atoms. The number of esters is 1. The second-order valence-electron chi connectivity index (χ2n) is 7.51. The van der Waals surface area contributed by atoms with Gasteiger partial charge in [0.25, 0.3) is 0 Å². The van der Waals surface area contributed by atoms with Crippen molar-refractivity contribution < 1.29 is 14.3 Å². The molecule has 0 amide bonds. The molecule has 2 unspecified atom stereocenters. The maximum Gasteiger partial charge on any atom is 0.338 e. The van der Waals surface area contributed by atoms with E-state index in [1.54, 1.807) is 20.1 Å². The van der Waals surface area contributed by atoms with E-state index >= 15 is 0 Å². The molecule has 4 nitrogen and oxygen atoms in total. The van der Waals surface area contributed by atoms with E-state index in [-0.39, 0.29) is 17.4 Å². The van der Waals surface area contributed by atoms with E-state index in [0.717, 1.165) is 42.9 Å². The standard InChI is InChI=1S/C22H29NO3/c1-6-15(2)21(24)26-18-9-10-22(11-12-23(4)20(22)14-18)17-7-8-19(25-5)16(3)13-17/h6-8,13-14,20H,9-12H2,1-5H3/b15-6+. The van der Waals surface area contributed by atoms with E-state index in [2.05, 4.69) is 43.1 Å². The summed E-state index contributed by atoms with van der Waals surface area (Å²) in [5, 5.41) is 0. The Morgan fingerprint density at radius 3 is 2.77 bits per heavy atom. The van der Waals surface area contributed by atoms with Crippen LogP contribution in [0.4, 0.5) is 0 Å². The van der Waals surface area contributed by atoms with Crippen molar-refractivity contribution in [1.29, 1.82) is 0 Å². The average molecular weight is 355 g/mol. The molecule has 2 aliphatic rings. The first-order chi connectivity index (χ1) is 12.4. The number of carbonyl (C=O) groups is 1. The lowest BCUT2D eigenvalue weighted by atomic mass is 9.68. The van der Waals surface area contributed by atoms with E-state index < -0.39 is 0 Å². The minimum atomic E-state index is -0.243. The lowest BCUT2D eigenvalue weighted by molar-refractivity contribution is -0.135. The topological polar surface area (TPSA) is 38.8 Å². The molecule has 0 radical (unpaired) electrons. The van der Waals surface area contributed by atoms with Crippen molar-refractivity contribution in [1.82, 2.24) is 4.90 Å². The Labute approximate surface area is 156 Å². The van der Waals surface area contributed by atoms with Crippen molar-refractivity contribution in [3.63, 3.8) is 0 Å². The molecule has 1 aliphatic carbocycles. The van der Waals surface area contributed by atoms with Crippen LogP contribution >= 0.6 is 0 Å². The van der Waals surface area contributed by atoms with Gasteiger partial charge in [0.2, 0.25) is 0 Å². The first-order valence-electron chi connectivity index (χ1n) is 9.32. The number of likely N-dealkylation sites (tertiary alicyclic amines) is 1. The summed E-state index contributed by atoms with van der Waals surface area (Å²) >= 11 is 0. The van der Waals surface area contributed by atoms with Gasteiger partial charge in [-0.05, 0) is 70.5 Å². The van der Waals surface area contributed by atoms with E-state index in [1.807, 2.05) is 6.92 Å². The Hall–Kier alpha value is -2.07. The van der Waals surface area contributed by atoms with Crippen molar-refractivity contribution in [3.05, 3.63) is 52.8 Å².